The Morgan fingerprint density at radius 1 is 1.04 bits per heavy atom. The van der Waals surface area contributed by atoms with Crippen molar-refractivity contribution in [1.82, 2.24) is 24.0 Å². The third kappa shape index (κ3) is 2.30. The van der Waals surface area contributed by atoms with Crippen molar-refractivity contribution in [2.24, 2.45) is 0 Å². The topological polar surface area (TPSA) is 97.0 Å². The standard InChI is InChI=1S/C14H15N5O4/c1-9(2)19-12(21)11(20)17(14(19)23)7-8-18-13(22)16-6-4-3-5-10(16)15-18/h3-6,9H,7-8H2,1-2H3. The van der Waals surface area contributed by atoms with Crippen LogP contribution in [0, 0.1) is 0 Å². The fourth-order valence-corrected chi connectivity index (χ4v) is 2.48. The van der Waals surface area contributed by atoms with Gasteiger partial charge in [-0.2, -0.15) is 0 Å². The molecular weight excluding hydrogens is 302 g/mol. The van der Waals surface area contributed by atoms with Crippen molar-refractivity contribution in [2.45, 2.75) is 26.4 Å². The predicted octanol–water partition coefficient (Wildman–Crippen LogP) is -0.305. The van der Waals surface area contributed by atoms with Crippen LogP contribution in [0.3, 0.4) is 0 Å². The van der Waals surface area contributed by atoms with Gasteiger partial charge in [-0.05, 0) is 26.0 Å². The van der Waals surface area contributed by atoms with Crippen molar-refractivity contribution >= 4 is 23.5 Å². The van der Waals surface area contributed by atoms with E-state index in [1.54, 1.807) is 38.2 Å². The molecule has 1 saturated heterocycles. The van der Waals surface area contributed by atoms with E-state index in [1.807, 2.05) is 0 Å². The van der Waals surface area contributed by atoms with Gasteiger partial charge < -0.3 is 0 Å². The molecule has 3 rings (SSSR count). The average Bonchev–Trinajstić information content (AvgIpc) is 2.94. The zero-order chi connectivity index (χ0) is 16.7. The molecule has 120 valence electrons. The van der Waals surface area contributed by atoms with Gasteiger partial charge in [-0.3, -0.25) is 23.8 Å². The van der Waals surface area contributed by atoms with Gasteiger partial charge >= 0.3 is 23.5 Å². The van der Waals surface area contributed by atoms with Gasteiger partial charge in [0, 0.05) is 12.2 Å². The van der Waals surface area contributed by atoms with E-state index in [4.69, 9.17) is 0 Å². The lowest BCUT2D eigenvalue weighted by Crippen LogP contribution is -2.39. The molecule has 0 saturated carbocycles. The summed E-state index contributed by atoms with van der Waals surface area (Å²) in [6, 6.07) is 4.06. The molecular formula is C14H15N5O4. The summed E-state index contributed by atoms with van der Waals surface area (Å²) in [6.07, 6.45) is 1.58. The molecule has 9 heteroatoms. The number of hydrogen-bond acceptors (Lipinski definition) is 5. The zero-order valence-electron chi connectivity index (χ0n) is 12.7. The summed E-state index contributed by atoms with van der Waals surface area (Å²) in [5.41, 5.74) is 0.100. The number of fused-ring (bicyclic) bond motifs is 1. The Balaban J connectivity index is 1.81. The molecule has 0 N–H and O–H groups in total. The molecule has 1 aliphatic rings. The Bertz CT molecular complexity index is 865. The minimum atomic E-state index is -0.875. The second kappa shape index (κ2) is 5.34. The smallest absolute Gasteiger partial charge is 0.263 e. The lowest BCUT2D eigenvalue weighted by atomic mass is 10.3. The number of hydrogen-bond donors (Lipinski definition) is 0. The number of nitrogens with zero attached hydrogens (tertiary/aromatic N) is 5. The van der Waals surface area contributed by atoms with E-state index in [9.17, 15) is 19.2 Å². The van der Waals surface area contributed by atoms with Gasteiger partial charge in [-0.25, -0.2) is 14.3 Å². The van der Waals surface area contributed by atoms with E-state index in [2.05, 4.69) is 5.10 Å². The number of amides is 4. The van der Waals surface area contributed by atoms with Gasteiger partial charge in [0.15, 0.2) is 5.65 Å². The van der Waals surface area contributed by atoms with Crippen LogP contribution in [0.4, 0.5) is 4.79 Å². The van der Waals surface area contributed by atoms with Gasteiger partial charge in [0.1, 0.15) is 0 Å². The van der Waals surface area contributed by atoms with Gasteiger partial charge in [-0.15, -0.1) is 5.10 Å². The fraction of sp³-hybridized carbons (Fsp3) is 0.357. The lowest BCUT2D eigenvalue weighted by molar-refractivity contribution is -0.143. The minimum absolute atomic E-state index is 0.0250. The van der Waals surface area contributed by atoms with Gasteiger partial charge in [0.05, 0.1) is 13.1 Å². The van der Waals surface area contributed by atoms with Gasteiger partial charge in [-0.1, -0.05) is 6.07 Å². The summed E-state index contributed by atoms with van der Waals surface area (Å²) in [5.74, 6) is -1.71. The highest BCUT2D eigenvalue weighted by Crippen LogP contribution is 2.15. The summed E-state index contributed by atoms with van der Waals surface area (Å²) < 4.78 is 2.53. The molecule has 0 radical (unpaired) electrons. The molecule has 0 atom stereocenters. The maximum atomic E-state index is 12.1. The highest BCUT2D eigenvalue weighted by Gasteiger charge is 2.45. The number of imide groups is 2. The molecule has 2 aromatic rings. The van der Waals surface area contributed by atoms with Crippen LogP contribution in [0.25, 0.3) is 5.65 Å². The first-order valence-electron chi connectivity index (χ1n) is 7.15. The maximum Gasteiger partial charge on any atom is 0.350 e. The highest BCUT2D eigenvalue weighted by molar-refractivity contribution is 6.44. The Hall–Kier alpha value is -2.97. The van der Waals surface area contributed by atoms with E-state index in [1.165, 1.54) is 9.08 Å². The Kier molecular flexibility index (Phi) is 3.47. The molecule has 0 spiro atoms. The van der Waals surface area contributed by atoms with Crippen molar-refractivity contribution in [3.8, 4) is 0 Å². The van der Waals surface area contributed by atoms with Crippen LogP contribution in [-0.4, -0.2) is 54.4 Å². The largest absolute Gasteiger partial charge is 0.350 e. The highest BCUT2D eigenvalue weighted by atomic mass is 16.2. The van der Waals surface area contributed by atoms with E-state index in [0.29, 0.717) is 5.65 Å². The number of pyridine rings is 1. The molecule has 0 aliphatic carbocycles. The minimum Gasteiger partial charge on any atom is -0.263 e. The molecule has 2 aromatic heterocycles. The first-order valence-corrected chi connectivity index (χ1v) is 7.15. The van der Waals surface area contributed by atoms with Crippen LogP contribution >= 0.6 is 0 Å². The third-order valence-electron chi connectivity index (χ3n) is 3.62. The van der Waals surface area contributed by atoms with Crippen molar-refractivity contribution in [1.29, 1.82) is 0 Å². The number of carbonyl (C=O) groups excluding carboxylic acids is 3. The van der Waals surface area contributed by atoms with Crippen LogP contribution in [0.2, 0.25) is 0 Å². The number of aromatic nitrogens is 3. The summed E-state index contributed by atoms with van der Waals surface area (Å²) in [6.45, 7) is 3.24. The summed E-state index contributed by atoms with van der Waals surface area (Å²) in [5, 5.41) is 4.12. The van der Waals surface area contributed by atoms with Gasteiger partial charge in [0.2, 0.25) is 0 Å². The Morgan fingerprint density at radius 3 is 2.39 bits per heavy atom. The molecule has 9 nitrogen and oxygen atoms in total. The van der Waals surface area contributed by atoms with Crippen molar-refractivity contribution in [2.75, 3.05) is 6.54 Å². The fourth-order valence-electron chi connectivity index (χ4n) is 2.48. The average molecular weight is 317 g/mol. The van der Waals surface area contributed by atoms with Crippen molar-refractivity contribution < 1.29 is 14.4 Å². The maximum absolute atomic E-state index is 12.1. The van der Waals surface area contributed by atoms with Crippen LogP contribution in [0.15, 0.2) is 29.2 Å². The Labute approximate surface area is 130 Å². The van der Waals surface area contributed by atoms with Crippen molar-refractivity contribution in [3.63, 3.8) is 0 Å². The van der Waals surface area contributed by atoms with Crippen LogP contribution in [0.5, 0.6) is 0 Å². The van der Waals surface area contributed by atoms with Crippen LogP contribution in [-0.2, 0) is 16.1 Å². The normalized spacial score (nSPS) is 15.5. The predicted molar refractivity (Wildman–Crippen MR) is 78.5 cm³/mol. The molecule has 1 aliphatic heterocycles. The van der Waals surface area contributed by atoms with Crippen LogP contribution in [0.1, 0.15) is 13.8 Å². The SMILES string of the molecule is CC(C)N1C(=O)C(=O)N(CCn2nc3ccccn3c2=O)C1=O. The molecule has 1 fully saturated rings. The molecule has 23 heavy (non-hydrogen) atoms. The van der Waals surface area contributed by atoms with E-state index < -0.39 is 23.9 Å². The first-order chi connectivity index (χ1) is 10.9. The third-order valence-corrected chi connectivity index (χ3v) is 3.62. The zero-order valence-corrected chi connectivity index (χ0v) is 12.7. The first kappa shape index (κ1) is 14.9. The van der Waals surface area contributed by atoms with E-state index in [0.717, 1.165) is 9.80 Å². The summed E-state index contributed by atoms with van der Waals surface area (Å²) in [4.78, 5) is 49.8. The second-order valence-corrected chi connectivity index (χ2v) is 5.44. The molecule has 4 amide bonds. The molecule has 0 bridgehead atoms. The molecule has 0 unspecified atom stereocenters. The summed E-state index contributed by atoms with van der Waals surface area (Å²) in [7, 11) is 0. The summed E-state index contributed by atoms with van der Waals surface area (Å²) >= 11 is 0. The quantitative estimate of drug-likeness (QED) is 0.569. The van der Waals surface area contributed by atoms with E-state index in [-0.39, 0.29) is 18.8 Å². The van der Waals surface area contributed by atoms with Crippen molar-refractivity contribution in [3.05, 3.63) is 34.9 Å². The number of urea groups is 1. The monoisotopic (exact) mass is 317 g/mol. The van der Waals surface area contributed by atoms with E-state index >= 15 is 0 Å². The second-order valence-electron chi connectivity index (χ2n) is 5.44. The molecule has 0 aromatic carbocycles. The van der Waals surface area contributed by atoms with Gasteiger partial charge in [0.25, 0.3) is 0 Å². The molecule has 3 heterocycles. The Morgan fingerprint density at radius 2 is 1.78 bits per heavy atom. The lowest BCUT2D eigenvalue weighted by Gasteiger charge is -2.18. The van der Waals surface area contributed by atoms with Crippen LogP contribution < -0.4 is 5.69 Å². The number of carbonyl (C=O) groups is 3. The number of rotatable bonds is 4.